The van der Waals surface area contributed by atoms with E-state index in [4.69, 9.17) is 9.47 Å². The van der Waals surface area contributed by atoms with Crippen molar-refractivity contribution < 1.29 is 23.5 Å². The first-order chi connectivity index (χ1) is 15.0. The molecular formula is C24H23FN2O4. The zero-order chi connectivity index (χ0) is 22.1. The smallest absolute Gasteiger partial charge is 0.259 e. The fraction of sp³-hybridized carbons (Fsp3) is 0.167. The molecule has 2 amide bonds. The van der Waals surface area contributed by atoms with Crippen molar-refractivity contribution in [1.29, 1.82) is 0 Å². The maximum absolute atomic E-state index is 13.0. The number of carbonyl (C=O) groups is 2. The highest BCUT2D eigenvalue weighted by Gasteiger charge is 2.13. The number of rotatable bonds is 9. The van der Waals surface area contributed by atoms with E-state index in [-0.39, 0.29) is 30.8 Å². The maximum Gasteiger partial charge on any atom is 0.259 e. The summed E-state index contributed by atoms with van der Waals surface area (Å²) in [7, 11) is 0. The van der Waals surface area contributed by atoms with Crippen LogP contribution in [0.2, 0.25) is 0 Å². The fourth-order valence-corrected chi connectivity index (χ4v) is 2.75. The molecular weight excluding hydrogens is 399 g/mol. The summed E-state index contributed by atoms with van der Waals surface area (Å²) >= 11 is 0. The summed E-state index contributed by atoms with van der Waals surface area (Å²) in [5, 5.41) is 5.46. The van der Waals surface area contributed by atoms with Gasteiger partial charge in [-0.3, -0.25) is 9.59 Å². The van der Waals surface area contributed by atoms with Gasteiger partial charge in [-0.25, -0.2) is 4.39 Å². The lowest BCUT2D eigenvalue weighted by Crippen LogP contribution is -2.28. The van der Waals surface area contributed by atoms with E-state index in [1.54, 1.807) is 60.7 Å². The van der Waals surface area contributed by atoms with E-state index in [9.17, 15) is 14.0 Å². The summed E-state index contributed by atoms with van der Waals surface area (Å²) in [6, 6.07) is 19.6. The molecule has 6 nitrogen and oxygen atoms in total. The molecule has 0 spiro atoms. The van der Waals surface area contributed by atoms with E-state index in [0.29, 0.717) is 29.3 Å². The van der Waals surface area contributed by atoms with Crippen LogP contribution in [0.4, 0.5) is 10.1 Å². The Labute approximate surface area is 180 Å². The lowest BCUT2D eigenvalue weighted by molar-refractivity contribution is -0.122. The molecule has 0 fully saturated rings. The van der Waals surface area contributed by atoms with E-state index in [0.717, 1.165) is 5.56 Å². The normalized spacial score (nSPS) is 10.3. The Kier molecular flexibility index (Phi) is 7.59. The van der Waals surface area contributed by atoms with Crippen molar-refractivity contribution in [1.82, 2.24) is 5.32 Å². The third kappa shape index (κ3) is 6.57. The van der Waals surface area contributed by atoms with Crippen LogP contribution in [0.3, 0.4) is 0 Å². The fourth-order valence-electron chi connectivity index (χ4n) is 2.75. The summed E-state index contributed by atoms with van der Waals surface area (Å²) in [6.07, 6.45) is 0. The Balaban J connectivity index is 1.60. The Morgan fingerprint density at radius 3 is 2.32 bits per heavy atom. The summed E-state index contributed by atoms with van der Waals surface area (Å²) in [5.41, 5.74) is 1.74. The van der Waals surface area contributed by atoms with Crippen molar-refractivity contribution in [2.24, 2.45) is 0 Å². The quantitative estimate of drug-likeness (QED) is 0.543. The zero-order valence-electron chi connectivity index (χ0n) is 17.1. The van der Waals surface area contributed by atoms with E-state index >= 15 is 0 Å². The number of para-hydroxylation sites is 1. The molecule has 0 aliphatic heterocycles. The number of nitrogens with one attached hydrogen (secondary N) is 2. The van der Waals surface area contributed by atoms with E-state index in [1.807, 2.05) is 6.92 Å². The molecule has 7 heteroatoms. The van der Waals surface area contributed by atoms with Crippen LogP contribution in [0, 0.1) is 5.82 Å². The van der Waals surface area contributed by atoms with Gasteiger partial charge >= 0.3 is 0 Å². The summed E-state index contributed by atoms with van der Waals surface area (Å²) in [6.45, 7) is 2.52. The first-order valence-corrected chi connectivity index (χ1v) is 9.82. The van der Waals surface area contributed by atoms with Gasteiger partial charge in [0.2, 0.25) is 0 Å². The monoisotopic (exact) mass is 422 g/mol. The SMILES string of the molecule is CCNC(=O)COc1ccc(NC(=O)c2ccccc2OCc2ccc(F)cc2)cc1. The van der Waals surface area contributed by atoms with E-state index < -0.39 is 0 Å². The molecule has 0 saturated heterocycles. The van der Waals surface area contributed by atoms with Crippen LogP contribution in [-0.4, -0.2) is 25.0 Å². The third-order valence-corrected chi connectivity index (χ3v) is 4.30. The van der Waals surface area contributed by atoms with Gasteiger partial charge in [-0.2, -0.15) is 0 Å². The van der Waals surface area contributed by atoms with Crippen molar-refractivity contribution in [3.63, 3.8) is 0 Å². The van der Waals surface area contributed by atoms with Gasteiger partial charge in [-0.15, -0.1) is 0 Å². The topological polar surface area (TPSA) is 76.7 Å². The van der Waals surface area contributed by atoms with Gasteiger partial charge in [0.05, 0.1) is 5.56 Å². The molecule has 0 aliphatic rings. The average Bonchev–Trinajstić information content (AvgIpc) is 2.78. The predicted molar refractivity (Wildman–Crippen MR) is 116 cm³/mol. The van der Waals surface area contributed by atoms with Gasteiger partial charge in [0.15, 0.2) is 6.61 Å². The van der Waals surface area contributed by atoms with Crippen LogP contribution in [-0.2, 0) is 11.4 Å². The molecule has 0 atom stereocenters. The highest BCUT2D eigenvalue weighted by atomic mass is 19.1. The number of hydrogen-bond acceptors (Lipinski definition) is 4. The van der Waals surface area contributed by atoms with E-state index in [2.05, 4.69) is 10.6 Å². The van der Waals surface area contributed by atoms with Gasteiger partial charge in [0.1, 0.15) is 23.9 Å². The largest absolute Gasteiger partial charge is 0.488 e. The average molecular weight is 422 g/mol. The zero-order valence-corrected chi connectivity index (χ0v) is 17.1. The summed E-state index contributed by atoms with van der Waals surface area (Å²) in [5.74, 6) is 0.102. The highest BCUT2D eigenvalue weighted by molar-refractivity contribution is 6.06. The lowest BCUT2D eigenvalue weighted by atomic mass is 10.1. The Morgan fingerprint density at radius 1 is 0.903 bits per heavy atom. The first-order valence-electron chi connectivity index (χ1n) is 9.82. The third-order valence-electron chi connectivity index (χ3n) is 4.30. The minimum Gasteiger partial charge on any atom is -0.488 e. The number of anilines is 1. The number of halogens is 1. The summed E-state index contributed by atoms with van der Waals surface area (Å²) in [4.78, 5) is 24.2. The number of likely N-dealkylation sites (N-methyl/N-ethyl adjacent to an activating group) is 1. The van der Waals surface area contributed by atoms with Crippen LogP contribution in [0.25, 0.3) is 0 Å². The van der Waals surface area contributed by atoms with Gasteiger partial charge in [0.25, 0.3) is 11.8 Å². The summed E-state index contributed by atoms with van der Waals surface area (Å²) < 4.78 is 24.2. The molecule has 0 bridgehead atoms. The van der Waals surface area contributed by atoms with Crippen molar-refractivity contribution in [3.05, 3.63) is 89.7 Å². The molecule has 0 unspecified atom stereocenters. The molecule has 0 heterocycles. The van der Waals surface area contributed by atoms with Crippen molar-refractivity contribution in [3.8, 4) is 11.5 Å². The molecule has 0 aliphatic carbocycles. The molecule has 0 radical (unpaired) electrons. The molecule has 3 aromatic rings. The van der Waals surface area contributed by atoms with Crippen molar-refractivity contribution in [2.45, 2.75) is 13.5 Å². The molecule has 31 heavy (non-hydrogen) atoms. The van der Waals surface area contributed by atoms with Gasteiger partial charge in [-0.1, -0.05) is 24.3 Å². The maximum atomic E-state index is 13.0. The van der Waals surface area contributed by atoms with Crippen LogP contribution >= 0.6 is 0 Å². The first kappa shape index (κ1) is 21.8. The number of amides is 2. The van der Waals surface area contributed by atoms with Gasteiger partial charge in [-0.05, 0) is 61.0 Å². The molecule has 160 valence electrons. The molecule has 0 aromatic heterocycles. The Bertz CT molecular complexity index is 1020. The number of ether oxygens (including phenoxy) is 2. The minimum atomic E-state index is -0.328. The number of benzene rings is 3. The molecule has 3 rings (SSSR count). The van der Waals surface area contributed by atoms with Crippen LogP contribution in [0.1, 0.15) is 22.8 Å². The van der Waals surface area contributed by atoms with Crippen LogP contribution < -0.4 is 20.1 Å². The van der Waals surface area contributed by atoms with Crippen LogP contribution in [0.5, 0.6) is 11.5 Å². The molecule has 2 N–H and O–H groups in total. The number of hydrogen-bond donors (Lipinski definition) is 2. The van der Waals surface area contributed by atoms with Gasteiger partial charge in [0, 0.05) is 12.2 Å². The van der Waals surface area contributed by atoms with Gasteiger partial charge < -0.3 is 20.1 Å². The molecule has 0 saturated carbocycles. The predicted octanol–water partition coefficient (Wildman–Crippen LogP) is 4.17. The second-order valence-corrected chi connectivity index (χ2v) is 6.63. The van der Waals surface area contributed by atoms with E-state index in [1.165, 1.54) is 12.1 Å². The Morgan fingerprint density at radius 2 is 1.61 bits per heavy atom. The highest BCUT2D eigenvalue weighted by Crippen LogP contribution is 2.22. The Hall–Kier alpha value is -3.87. The van der Waals surface area contributed by atoms with Crippen molar-refractivity contribution >= 4 is 17.5 Å². The van der Waals surface area contributed by atoms with Crippen LogP contribution in [0.15, 0.2) is 72.8 Å². The minimum absolute atomic E-state index is 0.0711. The van der Waals surface area contributed by atoms with Crippen molar-refractivity contribution in [2.75, 3.05) is 18.5 Å². The lowest BCUT2D eigenvalue weighted by Gasteiger charge is -2.12. The standard InChI is InChI=1S/C24H23FN2O4/c1-2-26-23(28)16-30-20-13-11-19(12-14-20)27-24(29)21-5-3-4-6-22(21)31-15-17-7-9-18(25)10-8-17/h3-14H,2,15-16H2,1H3,(H,26,28)(H,27,29). The number of carbonyl (C=O) groups excluding carboxylic acids is 2. The second-order valence-electron chi connectivity index (χ2n) is 6.63. The molecule has 3 aromatic carbocycles. The second kappa shape index (κ2) is 10.8.